The standard InChI is InChI=1S/C12H17NO2S/c1-9-8-16-11(13-9)10-2-4-12(5-3-10)14-6-7-15-12/h8,10H,2-7H2,1H3. The number of aryl methyl sites for hydroxylation is 1. The Morgan fingerprint density at radius 3 is 2.56 bits per heavy atom. The molecule has 3 rings (SSSR count). The number of aromatic nitrogens is 1. The van der Waals surface area contributed by atoms with Crippen LogP contribution in [0.1, 0.15) is 42.3 Å². The Labute approximate surface area is 99.8 Å². The van der Waals surface area contributed by atoms with Crippen molar-refractivity contribution in [3.63, 3.8) is 0 Å². The molecule has 1 saturated heterocycles. The molecule has 16 heavy (non-hydrogen) atoms. The van der Waals surface area contributed by atoms with Gasteiger partial charge in [0.2, 0.25) is 0 Å². The van der Waals surface area contributed by atoms with Crippen LogP contribution in [-0.4, -0.2) is 24.0 Å². The Morgan fingerprint density at radius 1 is 1.31 bits per heavy atom. The van der Waals surface area contributed by atoms with Gasteiger partial charge >= 0.3 is 0 Å². The van der Waals surface area contributed by atoms with Gasteiger partial charge in [-0.05, 0) is 19.8 Å². The number of thiazole rings is 1. The zero-order valence-corrected chi connectivity index (χ0v) is 10.4. The number of hydrogen-bond donors (Lipinski definition) is 0. The molecule has 0 aromatic carbocycles. The highest BCUT2D eigenvalue weighted by atomic mass is 32.1. The van der Waals surface area contributed by atoms with E-state index in [1.165, 1.54) is 5.01 Å². The SMILES string of the molecule is Cc1csc(C2CCC3(CC2)OCCO3)n1. The van der Waals surface area contributed by atoms with Crippen LogP contribution in [0.2, 0.25) is 0 Å². The summed E-state index contributed by atoms with van der Waals surface area (Å²) in [5.74, 6) is 0.389. The van der Waals surface area contributed by atoms with E-state index >= 15 is 0 Å². The molecule has 4 heteroatoms. The van der Waals surface area contributed by atoms with Crippen LogP contribution < -0.4 is 0 Å². The van der Waals surface area contributed by atoms with Crippen molar-refractivity contribution in [2.75, 3.05) is 13.2 Å². The highest BCUT2D eigenvalue weighted by molar-refractivity contribution is 7.09. The molecule has 0 unspecified atom stereocenters. The van der Waals surface area contributed by atoms with E-state index in [9.17, 15) is 0 Å². The molecule has 1 aromatic heterocycles. The van der Waals surface area contributed by atoms with Gasteiger partial charge in [0.15, 0.2) is 5.79 Å². The fourth-order valence-corrected chi connectivity index (χ4v) is 3.62. The predicted octanol–water partition coefficient (Wildman–Crippen LogP) is 2.85. The van der Waals surface area contributed by atoms with E-state index in [1.54, 1.807) is 11.3 Å². The van der Waals surface area contributed by atoms with Crippen molar-refractivity contribution in [3.8, 4) is 0 Å². The summed E-state index contributed by atoms with van der Waals surface area (Å²) >= 11 is 1.79. The summed E-state index contributed by atoms with van der Waals surface area (Å²) in [4.78, 5) is 4.59. The van der Waals surface area contributed by atoms with Crippen LogP contribution >= 0.6 is 11.3 Å². The maximum atomic E-state index is 5.73. The van der Waals surface area contributed by atoms with Gasteiger partial charge < -0.3 is 9.47 Å². The van der Waals surface area contributed by atoms with Crippen LogP contribution in [-0.2, 0) is 9.47 Å². The fourth-order valence-electron chi connectivity index (χ4n) is 2.65. The van der Waals surface area contributed by atoms with Crippen molar-refractivity contribution in [2.45, 2.75) is 44.3 Å². The summed E-state index contributed by atoms with van der Waals surface area (Å²) in [7, 11) is 0. The van der Waals surface area contributed by atoms with Crippen molar-refractivity contribution in [1.29, 1.82) is 0 Å². The largest absolute Gasteiger partial charge is 0.348 e. The van der Waals surface area contributed by atoms with Gasteiger partial charge in [-0.25, -0.2) is 4.98 Å². The Morgan fingerprint density at radius 2 is 2.00 bits per heavy atom. The molecule has 0 N–H and O–H groups in total. The Hall–Kier alpha value is -0.450. The Kier molecular flexibility index (Phi) is 2.73. The molecule has 1 spiro atoms. The van der Waals surface area contributed by atoms with E-state index in [1.807, 2.05) is 0 Å². The number of nitrogens with zero attached hydrogens (tertiary/aromatic N) is 1. The van der Waals surface area contributed by atoms with Gasteiger partial charge in [-0.15, -0.1) is 11.3 Å². The van der Waals surface area contributed by atoms with Crippen LogP contribution in [0.3, 0.4) is 0 Å². The first-order chi connectivity index (χ1) is 7.77. The monoisotopic (exact) mass is 239 g/mol. The van der Waals surface area contributed by atoms with Crippen molar-refractivity contribution >= 4 is 11.3 Å². The summed E-state index contributed by atoms with van der Waals surface area (Å²) in [5.41, 5.74) is 1.15. The molecule has 2 heterocycles. The highest BCUT2D eigenvalue weighted by Crippen LogP contribution is 2.42. The normalized spacial score (nSPS) is 25.3. The second-order valence-electron chi connectivity index (χ2n) is 4.71. The van der Waals surface area contributed by atoms with Gasteiger partial charge in [-0.1, -0.05) is 0 Å². The minimum Gasteiger partial charge on any atom is -0.348 e. The van der Waals surface area contributed by atoms with Crippen molar-refractivity contribution in [1.82, 2.24) is 4.98 Å². The second-order valence-corrected chi connectivity index (χ2v) is 5.60. The van der Waals surface area contributed by atoms with E-state index in [0.29, 0.717) is 5.92 Å². The van der Waals surface area contributed by atoms with Crippen molar-refractivity contribution in [3.05, 3.63) is 16.1 Å². The summed E-state index contributed by atoms with van der Waals surface area (Å²) in [6, 6.07) is 0. The van der Waals surface area contributed by atoms with Gasteiger partial charge in [0, 0.05) is 29.8 Å². The summed E-state index contributed by atoms with van der Waals surface area (Å²) < 4.78 is 11.5. The summed E-state index contributed by atoms with van der Waals surface area (Å²) in [5, 5.41) is 3.44. The molecule has 3 nitrogen and oxygen atoms in total. The average molecular weight is 239 g/mol. The van der Waals surface area contributed by atoms with E-state index < -0.39 is 0 Å². The molecule has 2 aliphatic rings. The average Bonchev–Trinajstić information content (AvgIpc) is 2.90. The van der Waals surface area contributed by atoms with Gasteiger partial charge in [-0.2, -0.15) is 0 Å². The molecule has 0 atom stereocenters. The van der Waals surface area contributed by atoms with E-state index in [4.69, 9.17) is 9.47 Å². The lowest BCUT2D eigenvalue weighted by Crippen LogP contribution is -2.34. The Balaban J connectivity index is 1.66. The van der Waals surface area contributed by atoms with Gasteiger partial charge in [0.1, 0.15) is 0 Å². The molecule has 2 fully saturated rings. The third kappa shape index (κ3) is 1.90. The predicted molar refractivity (Wildman–Crippen MR) is 62.7 cm³/mol. The molecular weight excluding hydrogens is 222 g/mol. The lowest BCUT2D eigenvalue weighted by molar-refractivity contribution is -0.178. The molecule has 1 aromatic rings. The van der Waals surface area contributed by atoms with Gasteiger partial charge in [0.05, 0.1) is 18.2 Å². The molecule has 0 amide bonds. The first kappa shape index (κ1) is 10.7. The fraction of sp³-hybridized carbons (Fsp3) is 0.750. The van der Waals surface area contributed by atoms with Gasteiger partial charge in [-0.3, -0.25) is 0 Å². The maximum absolute atomic E-state index is 5.73. The zero-order chi connectivity index (χ0) is 11.0. The van der Waals surface area contributed by atoms with E-state index in [-0.39, 0.29) is 5.79 Å². The topological polar surface area (TPSA) is 31.4 Å². The van der Waals surface area contributed by atoms with Crippen LogP contribution in [0.5, 0.6) is 0 Å². The number of hydrogen-bond acceptors (Lipinski definition) is 4. The third-order valence-corrected chi connectivity index (χ3v) is 4.67. The lowest BCUT2D eigenvalue weighted by atomic mass is 9.85. The number of rotatable bonds is 1. The quantitative estimate of drug-likeness (QED) is 0.755. The van der Waals surface area contributed by atoms with E-state index in [2.05, 4.69) is 17.3 Å². The van der Waals surface area contributed by atoms with Crippen LogP contribution in [0.15, 0.2) is 5.38 Å². The van der Waals surface area contributed by atoms with Crippen LogP contribution in [0.4, 0.5) is 0 Å². The van der Waals surface area contributed by atoms with Gasteiger partial charge in [0.25, 0.3) is 0 Å². The molecule has 1 saturated carbocycles. The smallest absolute Gasteiger partial charge is 0.168 e. The Bertz CT molecular complexity index is 361. The highest BCUT2D eigenvalue weighted by Gasteiger charge is 2.41. The molecule has 0 radical (unpaired) electrons. The molecule has 88 valence electrons. The maximum Gasteiger partial charge on any atom is 0.168 e. The minimum absolute atomic E-state index is 0.233. The second kappa shape index (κ2) is 4.09. The first-order valence-corrected chi connectivity index (χ1v) is 6.85. The molecule has 1 aliphatic heterocycles. The minimum atomic E-state index is -0.233. The lowest BCUT2D eigenvalue weighted by Gasteiger charge is -2.34. The number of ether oxygens (including phenoxy) is 2. The van der Waals surface area contributed by atoms with Crippen LogP contribution in [0, 0.1) is 6.92 Å². The van der Waals surface area contributed by atoms with Crippen molar-refractivity contribution < 1.29 is 9.47 Å². The summed E-state index contributed by atoms with van der Waals surface area (Å²) in [6.07, 6.45) is 4.34. The van der Waals surface area contributed by atoms with Crippen LogP contribution in [0.25, 0.3) is 0 Å². The van der Waals surface area contributed by atoms with E-state index in [0.717, 1.165) is 44.6 Å². The summed E-state index contributed by atoms with van der Waals surface area (Å²) in [6.45, 7) is 3.59. The zero-order valence-electron chi connectivity index (χ0n) is 9.57. The third-order valence-electron chi connectivity index (χ3n) is 3.55. The molecular formula is C12H17NO2S. The van der Waals surface area contributed by atoms with Crippen molar-refractivity contribution in [2.24, 2.45) is 0 Å². The first-order valence-electron chi connectivity index (χ1n) is 5.97. The molecule has 0 bridgehead atoms. The molecule has 1 aliphatic carbocycles.